The van der Waals surface area contributed by atoms with Gasteiger partial charge in [0.2, 0.25) is 5.91 Å². The molecule has 3 aromatic heterocycles. The summed E-state index contributed by atoms with van der Waals surface area (Å²) in [4.78, 5) is 27.3. The molecule has 9 heteroatoms. The molecule has 1 amide bonds. The maximum atomic E-state index is 14.1. The Bertz CT molecular complexity index is 1570. The Balaban J connectivity index is 1.20. The molecular weight excluding hydrogens is 457 g/mol. The molecule has 1 aliphatic rings. The van der Waals surface area contributed by atoms with Gasteiger partial charge in [0.1, 0.15) is 18.0 Å². The molecule has 0 spiro atoms. The highest BCUT2D eigenvalue weighted by molar-refractivity contribution is 5.88. The van der Waals surface area contributed by atoms with Crippen LogP contribution in [0.4, 0.5) is 10.2 Å². The van der Waals surface area contributed by atoms with Crippen molar-refractivity contribution in [1.82, 2.24) is 30.0 Å². The number of carbonyl (C=O) groups excluding carboxylic acids is 1. The van der Waals surface area contributed by atoms with Gasteiger partial charge in [0.05, 0.1) is 17.0 Å². The third-order valence-electron chi connectivity index (χ3n) is 6.94. The standard InChI is InChI=1S/C27H26FN7O/c1-17-8-9-20(11-23(17)28)35-15-22-25(33-35)31-16-32-26(22)34-10-4-5-18(14-34)27(36)30-13-19-12-29-24-7-3-2-6-21(19)24/h2-3,6-9,11-12,15-16,18,29H,4-5,10,13-14H2,1H3,(H,30,36). The van der Waals surface area contributed by atoms with Crippen molar-refractivity contribution in [1.29, 1.82) is 0 Å². The summed E-state index contributed by atoms with van der Waals surface area (Å²) in [6.45, 7) is 3.57. The van der Waals surface area contributed by atoms with Crippen LogP contribution in [0.2, 0.25) is 0 Å². The molecular formula is C27H26FN7O. The SMILES string of the molecule is Cc1ccc(-n2cc3c(N4CCCC(C(=O)NCc5c[nH]c6ccccc56)C4)ncnc3n2)cc1F. The number of para-hydroxylation sites is 1. The number of halogens is 1. The fraction of sp³-hybridized carbons (Fsp3) is 0.259. The third kappa shape index (κ3) is 4.06. The molecule has 1 unspecified atom stereocenters. The van der Waals surface area contributed by atoms with E-state index in [1.807, 2.05) is 36.7 Å². The number of aryl methyl sites for hydroxylation is 1. The first-order valence-corrected chi connectivity index (χ1v) is 12.1. The summed E-state index contributed by atoms with van der Waals surface area (Å²) in [5, 5.41) is 9.56. The molecule has 2 N–H and O–H groups in total. The highest BCUT2D eigenvalue weighted by Crippen LogP contribution is 2.28. The van der Waals surface area contributed by atoms with Crippen LogP contribution in [0.1, 0.15) is 24.0 Å². The van der Waals surface area contributed by atoms with Crippen molar-refractivity contribution in [3.05, 3.63) is 78.1 Å². The first kappa shape index (κ1) is 22.2. The first-order chi connectivity index (χ1) is 17.6. The maximum Gasteiger partial charge on any atom is 0.225 e. The fourth-order valence-electron chi connectivity index (χ4n) is 4.92. The summed E-state index contributed by atoms with van der Waals surface area (Å²) in [6, 6.07) is 13.1. The smallest absolute Gasteiger partial charge is 0.225 e. The number of H-pyrrole nitrogens is 1. The van der Waals surface area contributed by atoms with E-state index in [1.54, 1.807) is 17.7 Å². The van der Waals surface area contributed by atoms with Crippen molar-refractivity contribution in [2.75, 3.05) is 18.0 Å². The van der Waals surface area contributed by atoms with Crippen molar-refractivity contribution >= 4 is 33.7 Å². The van der Waals surface area contributed by atoms with Gasteiger partial charge in [-0.2, -0.15) is 0 Å². The number of hydrogen-bond acceptors (Lipinski definition) is 5. The average molecular weight is 484 g/mol. The van der Waals surface area contributed by atoms with E-state index >= 15 is 0 Å². The second-order valence-electron chi connectivity index (χ2n) is 9.30. The number of benzene rings is 2. The van der Waals surface area contributed by atoms with Gasteiger partial charge in [-0.1, -0.05) is 24.3 Å². The predicted molar refractivity (Wildman–Crippen MR) is 136 cm³/mol. The number of aromatic amines is 1. The number of nitrogens with zero attached hydrogens (tertiary/aromatic N) is 5. The molecule has 1 fully saturated rings. The molecule has 6 rings (SSSR count). The van der Waals surface area contributed by atoms with Gasteiger partial charge in [-0.3, -0.25) is 4.79 Å². The largest absolute Gasteiger partial charge is 0.361 e. The molecule has 4 heterocycles. The van der Waals surface area contributed by atoms with Crippen molar-refractivity contribution in [3.8, 4) is 5.69 Å². The monoisotopic (exact) mass is 483 g/mol. The van der Waals surface area contributed by atoms with Crippen LogP contribution in [-0.4, -0.2) is 43.7 Å². The Morgan fingerprint density at radius 3 is 2.97 bits per heavy atom. The quantitative estimate of drug-likeness (QED) is 0.389. The zero-order chi connectivity index (χ0) is 24.6. The van der Waals surface area contributed by atoms with Gasteiger partial charge < -0.3 is 15.2 Å². The minimum Gasteiger partial charge on any atom is -0.361 e. The van der Waals surface area contributed by atoms with Crippen LogP contribution < -0.4 is 10.2 Å². The maximum absolute atomic E-state index is 14.1. The van der Waals surface area contributed by atoms with Gasteiger partial charge in [-0.15, -0.1) is 5.10 Å². The van der Waals surface area contributed by atoms with E-state index in [-0.39, 0.29) is 17.6 Å². The van der Waals surface area contributed by atoms with Crippen molar-refractivity contribution in [2.45, 2.75) is 26.3 Å². The molecule has 2 aromatic carbocycles. The number of rotatable bonds is 5. The first-order valence-electron chi connectivity index (χ1n) is 12.1. The number of nitrogens with one attached hydrogen (secondary N) is 2. The van der Waals surface area contributed by atoms with Crippen LogP contribution in [0, 0.1) is 18.7 Å². The van der Waals surface area contributed by atoms with E-state index in [4.69, 9.17) is 0 Å². The van der Waals surface area contributed by atoms with Gasteiger partial charge in [-0.05, 0) is 49.1 Å². The molecule has 36 heavy (non-hydrogen) atoms. The van der Waals surface area contributed by atoms with E-state index in [0.717, 1.165) is 47.1 Å². The number of amides is 1. The van der Waals surface area contributed by atoms with Crippen LogP contribution in [0.15, 0.2) is 61.2 Å². The van der Waals surface area contributed by atoms with Gasteiger partial charge >= 0.3 is 0 Å². The second kappa shape index (κ2) is 9.07. The molecule has 0 saturated carbocycles. The van der Waals surface area contributed by atoms with Gasteiger partial charge in [0, 0.05) is 42.9 Å². The molecule has 0 aliphatic carbocycles. The summed E-state index contributed by atoms with van der Waals surface area (Å²) in [5.74, 6) is 0.361. The van der Waals surface area contributed by atoms with Crippen LogP contribution in [0.25, 0.3) is 27.6 Å². The highest BCUT2D eigenvalue weighted by atomic mass is 19.1. The lowest BCUT2D eigenvalue weighted by molar-refractivity contribution is -0.125. The molecule has 5 aromatic rings. The minimum atomic E-state index is -0.282. The van der Waals surface area contributed by atoms with E-state index in [9.17, 15) is 9.18 Å². The topological polar surface area (TPSA) is 91.7 Å². The average Bonchev–Trinajstić information content (AvgIpc) is 3.53. The summed E-state index contributed by atoms with van der Waals surface area (Å²) >= 11 is 0. The number of carbonyl (C=O) groups is 1. The summed E-state index contributed by atoms with van der Waals surface area (Å²) in [7, 11) is 0. The number of fused-ring (bicyclic) bond motifs is 2. The summed E-state index contributed by atoms with van der Waals surface area (Å²) in [6.07, 6.45) is 6.98. The van der Waals surface area contributed by atoms with Crippen LogP contribution in [-0.2, 0) is 11.3 Å². The molecule has 1 aliphatic heterocycles. The lowest BCUT2D eigenvalue weighted by atomic mass is 9.97. The lowest BCUT2D eigenvalue weighted by Crippen LogP contribution is -2.43. The Hall–Kier alpha value is -4.27. The van der Waals surface area contributed by atoms with Crippen LogP contribution in [0.5, 0.6) is 0 Å². The van der Waals surface area contributed by atoms with Crippen LogP contribution in [0.3, 0.4) is 0 Å². The molecule has 1 saturated heterocycles. The molecule has 182 valence electrons. The highest BCUT2D eigenvalue weighted by Gasteiger charge is 2.28. The molecule has 1 atom stereocenters. The number of hydrogen-bond donors (Lipinski definition) is 2. The van der Waals surface area contributed by atoms with Crippen LogP contribution >= 0.6 is 0 Å². The van der Waals surface area contributed by atoms with Gasteiger partial charge in [0.25, 0.3) is 0 Å². The van der Waals surface area contributed by atoms with Gasteiger partial charge in [0.15, 0.2) is 5.65 Å². The fourth-order valence-corrected chi connectivity index (χ4v) is 4.92. The Morgan fingerprint density at radius 1 is 1.19 bits per heavy atom. The Kier molecular flexibility index (Phi) is 5.59. The minimum absolute atomic E-state index is 0.0427. The van der Waals surface area contributed by atoms with Crippen molar-refractivity contribution < 1.29 is 9.18 Å². The lowest BCUT2D eigenvalue weighted by Gasteiger charge is -2.33. The van der Waals surface area contributed by atoms with E-state index < -0.39 is 0 Å². The zero-order valence-electron chi connectivity index (χ0n) is 19.9. The van der Waals surface area contributed by atoms with E-state index in [1.165, 1.54) is 12.4 Å². The van der Waals surface area contributed by atoms with Gasteiger partial charge in [-0.25, -0.2) is 19.0 Å². The molecule has 0 radical (unpaired) electrons. The molecule has 8 nitrogen and oxygen atoms in total. The van der Waals surface area contributed by atoms with E-state index in [0.29, 0.717) is 30.0 Å². The Morgan fingerprint density at radius 2 is 2.08 bits per heavy atom. The van der Waals surface area contributed by atoms with E-state index in [2.05, 4.69) is 36.3 Å². The third-order valence-corrected chi connectivity index (χ3v) is 6.94. The summed E-state index contributed by atoms with van der Waals surface area (Å²) in [5.41, 5.74) is 3.87. The number of anilines is 1. The zero-order valence-corrected chi connectivity index (χ0v) is 19.9. The predicted octanol–water partition coefficient (Wildman–Crippen LogP) is 4.28. The van der Waals surface area contributed by atoms with Crippen molar-refractivity contribution in [2.24, 2.45) is 5.92 Å². The van der Waals surface area contributed by atoms with Crippen molar-refractivity contribution in [3.63, 3.8) is 0 Å². The Labute approximate surface area is 207 Å². The number of piperidine rings is 1. The second-order valence-corrected chi connectivity index (χ2v) is 9.30. The normalized spacial score (nSPS) is 16.1. The number of aromatic nitrogens is 5. The molecule has 0 bridgehead atoms. The summed E-state index contributed by atoms with van der Waals surface area (Å²) < 4.78 is 15.7.